The van der Waals surface area contributed by atoms with Crippen molar-refractivity contribution in [2.45, 2.75) is 39.8 Å². The minimum absolute atomic E-state index is 0.0995. The predicted molar refractivity (Wildman–Crippen MR) is 72.5 cm³/mol. The van der Waals surface area contributed by atoms with Crippen molar-refractivity contribution >= 4 is 11.9 Å². The third-order valence-corrected chi connectivity index (χ3v) is 3.03. The average Bonchev–Trinajstić information content (AvgIpc) is 2.40. The zero-order chi connectivity index (χ0) is 15.3. The van der Waals surface area contributed by atoms with Crippen molar-refractivity contribution in [3.8, 4) is 0 Å². The Morgan fingerprint density at radius 3 is 2.60 bits per heavy atom. The summed E-state index contributed by atoms with van der Waals surface area (Å²) in [5, 5.41) is 15.4. The van der Waals surface area contributed by atoms with Gasteiger partial charge in [-0.25, -0.2) is 4.68 Å². The minimum Gasteiger partial charge on any atom is -0.481 e. The van der Waals surface area contributed by atoms with E-state index in [0.29, 0.717) is 6.54 Å². The van der Waals surface area contributed by atoms with Gasteiger partial charge in [0.1, 0.15) is 5.69 Å². The number of aromatic nitrogens is 2. The van der Waals surface area contributed by atoms with E-state index in [0.717, 1.165) is 6.42 Å². The third-order valence-electron chi connectivity index (χ3n) is 3.03. The Labute approximate surface area is 116 Å². The summed E-state index contributed by atoms with van der Waals surface area (Å²) < 4.78 is 1.22. The van der Waals surface area contributed by atoms with Gasteiger partial charge in [-0.1, -0.05) is 6.92 Å². The Morgan fingerprint density at radius 2 is 2.05 bits per heavy atom. The predicted octanol–water partition coefficient (Wildman–Crippen LogP) is 0.492. The topological polar surface area (TPSA) is 101 Å². The number of hydrogen-bond donors (Lipinski definition) is 2. The highest BCUT2D eigenvalue weighted by molar-refractivity contribution is 5.92. The fourth-order valence-corrected chi connectivity index (χ4v) is 1.56. The number of nitrogens with zero attached hydrogens (tertiary/aromatic N) is 2. The molecule has 0 fully saturated rings. The lowest BCUT2D eigenvalue weighted by Crippen LogP contribution is -2.41. The van der Waals surface area contributed by atoms with E-state index in [4.69, 9.17) is 5.11 Å². The molecule has 0 aliphatic rings. The van der Waals surface area contributed by atoms with E-state index in [9.17, 15) is 14.4 Å². The van der Waals surface area contributed by atoms with Gasteiger partial charge < -0.3 is 10.4 Å². The van der Waals surface area contributed by atoms with Crippen molar-refractivity contribution < 1.29 is 14.7 Å². The maximum Gasteiger partial charge on any atom is 0.308 e. The lowest BCUT2D eigenvalue weighted by Gasteiger charge is -2.17. The molecule has 0 aliphatic carbocycles. The van der Waals surface area contributed by atoms with Crippen molar-refractivity contribution in [1.29, 1.82) is 0 Å². The Hall–Kier alpha value is -2.18. The number of nitrogens with one attached hydrogen (secondary N) is 1. The summed E-state index contributed by atoms with van der Waals surface area (Å²) in [5.74, 6) is -2.18. The second-order valence-corrected chi connectivity index (χ2v) is 4.67. The molecule has 1 aromatic rings. The van der Waals surface area contributed by atoms with Gasteiger partial charge in [0.2, 0.25) is 0 Å². The van der Waals surface area contributed by atoms with E-state index in [1.807, 2.05) is 6.92 Å². The number of hydrogen-bond acceptors (Lipinski definition) is 4. The van der Waals surface area contributed by atoms with Gasteiger partial charge in [0.25, 0.3) is 11.5 Å². The van der Waals surface area contributed by atoms with Crippen LogP contribution in [0.4, 0.5) is 0 Å². The normalized spacial score (nSPS) is 13.6. The van der Waals surface area contributed by atoms with Crippen LogP contribution >= 0.6 is 0 Å². The molecule has 0 saturated carbocycles. The number of rotatable bonds is 6. The van der Waals surface area contributed by atoms with Crippen molar-refractivity contribution in [1.82, 2.24) is 15.1 Å². The molecule has 110 valence electrons. The quantitative estimate of drug-likeness (QED) is 0.790. The van der Waals surface area contributed by atoms with Crippen molar-refractivity contribution in [3.05, 3.63) is 28.2 Å². The van der Waals surface area contributed by atoms with E-state index in [1.54, 1.807) is 6.92 Å². The number of carboxylic acid groups (broad SMARTS) is 1. The fourth-order valence-electron chi connectivity index (χ4n) is 1.56. The van der Waals surface area contributed by atoms with Gasteiger partial charge >= 0.3 is 5.97 Å². The highest BCUT2D eigenvalue weighted by Gasteiger charge is 2.22. The Kier molecular flexibility index (Phi) is 5.42. The molecule has 20 heavy (non-hydrogen) atoms. The van der Waals surface area contributed by atoms with E-state index in [-0.39, 0.29) is 11.3 Å². The Balaban J connectivity index is 2.85. The lowest BCUT2D eigenvalue weighted by atomic mass is 10.0. The number of carbonyl (C=O) groups excluding carboxylic acids is 1. The second kappa shape index (κ2) is 6.83. The SMILES string of the molecule is CCCn1nc(C(=O)NC(C)C(C)C(=O)O)ccc1=O. The minimum atomic E-state index is -0.985. The molecule has 0 radical (unpaired) electrons. The molecule has 0 aromatic carbocycles. The highest BCUT2D eigenvalue weighted by atomic mass is 16.4. The molecular weight excluding hydrogens is 262 g/mol. The molecule has 2 unspecified atom stereocenters. The fraction of sp³-hybridized carbons (Fsp3) is 0.538. The molecule has 1 amide bonds. The van der Waals surface area contributed by atoms with Gasteiger partial charge in [-0.05, 0) is 26.3 Å². The molecular formula is C13H19N3O4. The lowest BCUT2D eigenvalue weighted by molar-refractivity contribution is -0.141. The first-order valence-electron chi connectivity index (χ1n) is 6.48. The summed E-state index contributed by atoms with van der Waals surface area (Å²) in [5.41, 5.74) is -0.169. The van der Waals surface area contributed by atoms with E-state index in [2.05, 4.69) is 10.4 Å². The van der Waals surface area contributed by atoms with E-state index < -0.39 is 23.8 Å². The van der Waals surface area contributed by atoms with Gasteiger partial charge in [-0.3, -0.25) is 14.4 Å². The van der Waals surface area contributed by atoms with Crippen LogP contribution in [0.5, 0.6) is 0 Å². The Bertz CT molecular complexity index is 553. The van der Waals surface area contributed by atoms with Crippen LogP contribution in [0.25, 0.3) is 0 Å². The molecule has 1 heterocycles. The average molecular weight is 281 g/mol. The molecule has 7 heteroatoms. The molecule has 0 saturated heterocycles. The second-order valence-electron chi connectivity index (χ2n) is 4.67. The number of aryl methyl sites for hydroxylation is 1. The molecule has 0 aliphatic heterocycles. The summed E-state index contributed by atoms with van der Waals surface area (Å²) >= 11 is 0. The largest absolute Gasteiger partial charge is 0.481 e. The van der Waals surface area contributed by atoms with Crippen molar-refractivity contribution in [3.63, 3.8) is 0 Å². The van der Waals surface area contributed by atoms with Gasteiger partial charge in [0.05, 0.1) is 5.92 Å². The van der Waals surface area contributed by atoms with Crippen LogP contribution in [0, 0.1) is 5.92 Å². The summed E-state index contributed by atoms with van der Waals surface area (Å²) in [6, 6.07) is 2.08. The first-order chi connectivity index (χ1) is 9.36. The zero-order valence-electron chi connectivity index (χ0n) is 11.8. The zero-order valence-corrected chi connectivity index (χ0v) is 11.8. The molecule has 0 spiro atoms. The van der Waals surface area contributed by atoms with E-state index in [1.165, 1.54) is 23.7 Å². The van der Waals surface area contributed by atoms with Gasteiger partial charge in [0, 0.05) is 18.7 Å². The van der Waals surface area contributed by atoms with Gasteiger partial charge in [-0.15, -0.1) is 0 Å². The monoisotopic (exact) mass is 281 g/mol. The standard InChI is InChI=1S/C13H19N3O4/c1-4-7-16-11(17)6-5-10(15-16)12(18)14-9(3)8(2)13(19)20/h5-6,8-9H,4,7H2,1-3H3,(H,14,18)(H,19,20). The van der Waals surface area contributed by atoms with Gasteiger partial charge in [0.15, 0.2) is 0 Å². The number of carboxylic acids is 1. The van der Waals surface area contributed by atoms with Crippen LogP contribution in [0.15, 0.2) is 16.9 Å². The number of amides is 1. The summed E-state index contributed by atoms with van der Waals surface area (Å²) in [4.78, 5) is 34.3. The molecule has 1 rings (SSSR count). The maximum absolute atomic E-state index is 12.0. The highest BCUT2D eigenvalue weighted by Crippen LogP contribution is 2.03. The van der Waals surface area contributed by atoms with Gasteiger partial charge in [-0.2, -0.15) is 5.10 Å². The Morgan fingerprint density at radius 1 is 1.40 bits per heavy atom. The van der Waals surface area contributed by atoms with Crippen molar-refractivity contribution in [2.75, 3.05) is 0 Å². The number of aliphatic carboxylic acids is 1. The number of carbonyl (C=O) groups is 2. The molecule has 1 aromatic heterocycles. The third kappa shape index (κ3) is 3.91. The maximum atomic E-state index is 12.0. The van der Waals surface area contributed by atoms with Crippen LogP contribution in [-0.4, -0.2) is 32.8 Å². The summed E-state index contributed by atoms with van der Waals surface area (Å²) in [6.45, 7) is 5.45. The van der Waals surface area contributed by atoms with Crippen molar-refractivity contribution in [2.24, 2.45) is 5.92 Å². The molecule has 2 N–H and O–H groups in total. The van der Waals surface area contributed by atoms with Crippen LogP contribution in [-0.2, 0) is 11.3 Å². The molecule has 0 bridgehead atoms. The molecule has 2 atom stereocenters. The van der Waals surface area contributed by atoms with Crippen LogP contribution in [0.3, 0.4) is 0 Å². The smallest absolute Gasteiger partial charge is 0.308 e. The first-order valence-corrected chi connectivity index (χ1v) is 6.48. The van der Waals surface area contributed by atoms with Crippen LogP contribution in [0.1, 0.15) is 37.7 Å². The van der Waals surface area contributed by atoms with Crippen LogP contribution in [0.2, 0.25) is 0 Å². The summed E-state index contributed by atoms with van der Waals surface area (Å²) in [6.07, 6.45) is 0.727. The summed E-state index contributed by atoms with van der Waals surface area (Å²) in [7, 11) is 0. The van der Waals surface area contributed by atoms with E-state index >= 15 is 0 Å². The van der Waals surface area contributed by atoms with Crippen LogP contribution < -0.4 is 10.9 Å². The first kappa shape index (κ1) is 15.9. The molecule has 7 nitrogen and oxygen atoms in total.